The SMILES string of the molecule is O=C(O)CCc1ccc(OC2=NO[C@H](c3ccc(Oc4ccccc4)cc3)C2)cn1. The van der Waals surface area contributed by atoms with Gasteiger partial charge in [-0.05, 0) is 42.0 Å². The lowest BCUT2D eigenvalue weighted by Crippen LogP contribution is -2.08. The van der Waals surface area contributed by atoms with Gasteiger partial charge in [0.05, 0.1) is 19.0 Å². The summed E-state index contributed by atoms with van der Waals surface area (Å²) in [7, 11) is 0. The van der Waals surface area contributed by atoms with Gasteiger partial charge in [-0.25, -0.2) is 0 Å². The summed E-state index contributed by atoms with van der Waals surface area (Å²) in [5.41, 5.74) is 1.67. The zero-order valence-corrected chi connectivity index (χ0v) is 16.1. The normalized spacial score (nSPS) is 15.2. The highest BCUT2D eigenvalue weighted by Gasteiger charge is 2.24. The van der Waals surface area contributed by atoms with Crippen molar-refractivity contribution in [3.63, 3.8) is 0 Å². The minimum absolute atomic E-state index is 0.0462. The molecule has 3 aromatic rings. The Morgan fingerprint density at radius 3 is 2.40 bits per heavy atom. The van der Waals surface area contributed by atoms with Crippen LogP contribution in [0.15, 0.2) is 78.1 Å². The van der Waals surface area contributed by atoms with E-state index < -0.39 is 5.97 Å². The van der Waals surface area contributed by atoms with Gasteiger partial charge < -0.3 is 19.4 Å². The number of carboxylic acid groups (broad SMARTS) is 1. The van der Waals surface area contributed by atoms with Crippen molar-refractivity contribution >= 4 is 11.9 Å². The number of para-hydroxylation sites is 1. The molecule has 0 spiro atoms. The summed E-state index contributed by atoms with van der Waals surface area (Å²) < 4.78 is 11.5. The highest BCUT2D eigenvalue weighted by atomic mass is 16.7. The van der Waals surface area contributed by atoms with Crippen LogP contribution in [0, 0.1) is 0 Å². The summed E-state index contributed by atoms with van der Waals surface area (Å²) >= 11 is 0. The number of carboxylic acids is 1. The number of ether oxygens (including phenoxy) is 2. The van der Waals surface area contributed by atoms with E-state index >= 15 is 0 Å². The smallest absolute Gasteiger partial charge is 0.303 e. The Morgan fingerprint density at radius 2 is 1.70 bits per heavy atom. The van der Waals surface area contributed by atoms with Crippen molar-refractivity contribution in [2.45, 2.75) is 25.4 Å². The first-order chi connectivity index (χ1) is 14.7. The Balaban J connectivity index is 1.30. The highest BCUT2D eigenvalue weighted by Crippen LogP contribution is 2.30. The molecule has 4 rings (SSSR count). The summed E-state index contributed by atoms with van der Waals surface area (Å²) in [5, 5.41) is 12.7. The number of pyridine rings is 1. The maximum atomic E-state index is 10.6. The van der Waals surface area contributed by atoms with Gasteiger partial charge in [-0.15, -0.1) is 0 Å². The number of aromatic nitrogens is 1. The van der Waals surface area contributed by atoms with E-state index in [1.54, 1.807) is 18.3 Å². The lowest BCUT2D eigenvalue weighted by Gasteiger charge is -2.10. The fourth-order valence-corrected chi connectivity index (χ4v) is 2.96. The van der Waals surface area contributed by atoms with Crippen LogP contribution in [-0.4, -0.2) is 22.0 Å². The minimum atomic E-state index is -0.847. The average Bonchev–Trinajstić information content (AvgIpc) is 3.23. The number of hydrogen-bond donors (Lipinski definition) is 1. The molecule has 0 bridgehead atoms. The van der Waals surface area contributed by atoms with Gasteiger partial charge in [0.2, 0.25) is 5.90 Å². The number of nitrogens with zero attached hydrogens (tertiary/aromatic N) is 2. The van der Waals surface area contributed by atoms with Gasteiger partial charge in [0.15, 0.2) is 6.10 Å². The van der Waals surface area contributed by atoms with E-state index in [2.05, 4.69) is 10.1 Å². The Kier molecular flexibility index (Phi) is 5.89. The number of hydrogen-bond acceptors (Lipinski definition) is 6. The van der Waals surface area contributed by atoms with Gasteiger partial charge in [-0.1, -0.05) is 35.5 Å². The Morgan fingerprint density at radius 1 is 0.967 bits per heavy atom. The van der Waals surface area contributed by atoms with Crippen LogP contribution in [0.5, 0.6) is 17.2 Å². The molecule has 0 unspecified atom stereocenters. The fourth-order valence-electron chi connectivity index (χ4n) is 2.96. The molecule has 1 N–H and O–H groups in total. The Hall–Kier alpha value is -3.87. The third-order valence-electron chi connectivity index (χ3n) is 4.50. The van der Waals surface area contributed by atoms with Crippen LogP contribution >= 0.6 is 0 Å². The number of oxime groups is 1. The van der Waals surface area contributed by atoms with Crippen molar-refractivity contribution in [3.8, 4) is 17.2 Å². The van der Waals surface area contributed by atoms with Crippen LogP contribution in [0.3, 0.4) is 0 Å². The molecule has 7 heteroatoms. The number of carbonyl (C=O) groups is 1. The summed E-state index contributed by atoms with van der Waals surface area (Å²) in [6.45, 7) is 0. The van der Waals surface area contributed by atoms with Crippen molar-refractivity contribution in [1.82, 2.24) is 4.98 Å². The molecule has 152 valence electrons. The van der Waals surface area contributed by atoms with Crippen LogP contribution in [0.25, 0.3) is 0 Å². The van der Waals surface area contributed by atoms with E-state index in [1.165, 1.54) is 0 Å². The van der Waals surface area contributed by atoms with Crippen LogP contribution in [-0.2, 0) is 16.1 Å². The van der Waals surface area contributed by atoms with Crippen molar-refractivity contribution in [3.05, 3.63) is 84.2 Å². The number of rotatable bonds is 7. The van der Waals surface area contributed by atoms with Gasteiger partial charge in [-0.2, -0.15) is 0 Å². The van der Waals surface area contributed by atoms with Gasteiger partial charge in [0, 0.05) is 12.1 Å². The van der Waals surface area contributed by atoms with E-state index in [9.17, 15) is 4.79 Å². The standard InChI is InChI=1S/C23H20N2O5/c26-23(27)13-9-17-8-12-20(15-24-17)29-22-14-21(30-25-22)16-6-10-19(11-7-16)28-18-4-2-1-3-5-18/h1-8,10-12,15,21H,9,13-14H2,(H,26,27)/t21-/m0/s1. The van der Waals surface area contributed by atoms with E-state index in [-0.39, 0.29) is 12.5 Å². The van der Waals surface area contributed by atoms with Crippen LogP contribution in [0.4, 0.5) is 0 Å². The summed E-state index contributed by atoms with van der Waals surface area (Å²) in [6.07, 6.45) is 2.26. The molecule has 1 atom stereocenters. The molecule has 1 aliphatic rings. The van der Waals surface area contributed by atoms with Crippen molar-refractivity contribution in [2.75, 3.05) is 0 Å². The number of aryl methyl sites for hydroxylation is 1. The summed E-state index contributed by atoms with van der Waals surface area (Å²) in [6, 6.07) is 20.8. The Bertz CT molecular complexity index is 1020. The summed E-state index contributed by atoms with van der Waals surface area (Å²) in [4.78, 5) is 20.4. The van der Waals surface area contributed by atoms with E-state index in [0.29, 0.717) is 30.2 Å². The molecule has 30 heavy (non-hydrogen) atoms. The second kappa shape index (κ2) is 9.09. The van der Waals surface area contributed by atoms with E-state index in [1.807, 2.05) is 54.6 Å². The van der Waals surface area contributed by atoms with Gasteiger partial charge in [0.1, 0.15) is 17.2 Å². The molecule has 0 fully saturated rings. The van der Waals surface area contributed by atoms with Crippen LogP contribution in [0.2, 0.25) is 0 Å². The molecule has 0 amide bonds. The van der Waals surface area contributed by atoms with Crippen LogP contribution in [0.1, 0.15) is 30.2 Å². The van der Waals surface area contributed by atoms with Crippen molar-refractivity contribution < 1.29 is 24.2 Å². The number of aliphatic carboxylic acids is 1. The predicted molar refractivity (Wildman–Crippen MR) is 110 cm³/mol. The summed E-state index contributed by atoms with van der Waals surface area (Å²) in [5.74, 6) is 1.67. The maximum Gasteiger partial charge on any atom is 0.303 e. The quantitative estimate of drug-likeness (QED) is 0.611. The predicted octanol–water partition coefficient (Wildman–Crippen LogP) is 4.75. The topological polar surface area (TPSA) is 90.2 Å². The third-order valence-corrected chi connectivity index (χ3v) is 4.50. The zero-order chi connectivity index (χ0) is 20.8. The lowest BCUT2D eigenvalue weighted by atomic mass is 10.1. The molecule has 2 aromatic carbocycles. The zero-order valence-electron chi connectivity index (χ0n) is 16.1. The van der Waals surface area contributed by atoms with Crippen molar-refractivity contribution in [1.29, 1.82) is 0 Å². The van der Waals surface area contributed by atoms with Gasteiger partial charge in [-0.3, -0.25) is 9.78 Å². The van der Waals surface area contributed by atoms with Crippen LogP contribution < -0.4 is 9.47 Å². The maximum absolute atomic E-state index is 10.6. The molecule has 0 saturated heterocycles. The molecule has 0 radical (unpaired) electrons. The molecule has 0 aliphatic carbocycles. The molecule has 0 saturated carbocycles. The molecule has 1 aromatic heterocycles. The van der Waals surface area contributed by atoms with E-state index in [0.717, 1.165) is 17.1 Å². The van der Waals surface area contributed by atoms with Crippen molar-refractivity contribution in [2.24, 2.45) is 5.16 Å². The molecular formula is C23H20N2O5. The Labute approximate surface area is 173 Å². The number of benzene rings is 2. The van der Waals surface area contributed by atoms with E-state index in [4.69, 9.17) is 19.4 Å². The van der Waals surface area contributed by atoms with Gasteiger partial charge >= 0.3 is 5.97 Å². The third kappa shape index (κ3) is 5.14. The second-order valence-electron chi connectivity index (χ2n) is 6.75. The minimum Gasteiger partial charge on any atom is -0.481 e. The first kappa shape index (κ1) is 19.4. The average molecular weight is 404 g/mol. The fraction of sp³-hybridized carbons (Fsp3) is 0.174. The lowest BCUT2D eigenvalue weighted by molar-refractivity contribution is -0.136. The van der Waals surface area contributed by atoms with Gasteiger partial charge in [0.25, 0.3) is 0 Å². The molecular weight excluding hydrogens is 384 g/mol. The molecule has 1 aliphatic heterocycles. The second-order valence-corrected chi connectivity index (χ2v) is 6.75. The first-order valence-electron chi connectivity index (χ1n) is 9.56. The molecule has 2 heterocycles. The first-order valence-corrected chi connectivity index (χ1v) is 9.56. The largest absolute Gasteiger partial charge is 0.481 e. The monoisotopic (exact) mass is 404 g/mol. The molecule has 7 nitrogen and oxygen atoms in total. The highest BCUT2D eigenvalue weighted by molar-refractivity contribution is 5.79.